The molecular formula is C19H21F3. The van der Waals surface area contributed by atoms with Crippen LogP contribution in [0.15, 0.2) is 24.3 Å². The molecule has 1 aromatic rings. The minimum atomic E-state index is -1.45. The molecule has 1 aromatic carbocycles. The highest BCUT2D eigenvalue weighted by molar-refractivity contribution is 5.37. The molecular weight excluding hydrogens is 285 g/mol. The van der Waals surface area contributed by atoms with Gasteiger partial charge in [0, 0.05) is 5.56 Å². The van der Waals surface area contributed by atoms with Crippen molar-refractivity contribution < 1.29 is 13.2 Å². The maximum absolute atomic E-state index is 13.0. The van der Waals surface area contributed by atoms with Gasteiger partial charge in [0.05, 0.1) is 0 Å². The highest BCUT2D eigenvalue weighted by Gasteiger charge is 2.18. The maximum Gasteiger partial charge on any atom is 0.194 e. The van der Waals surface area contributed by atoms with Gasteiger partial charge in [0.15, 0.2) is 17.5 Å². The van der Waals surface area contributed by atoms with Gasteiger partial charge in [0.25, 0.3) is 0 Å². The fraction of sp³-hybridized carbons (Fsp3) is 0.474. The van der Waals surface area contributed by atoms with Gasteiger partial charge < -0.3 is 0 Å². The molecule has 3 heteroatoms. The molecule has 0 amide bonds. The zero-order chi connectivity index (χ0) is 15.9. The van der Waals surface area contributed by atoms with Crippen LogP contribution >= 0.6 is 0 Å². The lowest BCUT2D eigenvalue weighted by Crippen LogP contribution is -2.12. The van der Waals surface area contributed by atoms with Gasteiger partial charge in [0.2, 0.25) is 0 Å². The van der Waals surface area contributed by atoms with Crippen molar-refractivity contribution in [3.63, 3.8) is 0 Å². The minimum Gasteiger partial charge on any atom is -0.204 e. The topological polar surface area (TPSA) is 0 Å². The first kappa shape index (κ1) is 16.7. The average Bonchev–Trinajstić information content (AvgIpc) is 2.51. The van der Waals surface area contributed by atoms with Crippen molar-refractivity contribution in [3.8, 4) is 11.8 Å². The van der Waals surface area contributed by atoms with Crippen LogP contribution in [0.5, 0.6) is 0 Å². The summed E-state index contributed by atoms with van der Waals surface area (Å²) in [5.74, 6) is 2.96. The normalized spacial score (nSPS) is 21.6. The fourth-order valence-corrected chi connectivity index (χ4v) is 3.01. The van der Waals surface area contributed by atoms with E-state index in [9.17, 15) is 13.2 Å². The van der Waals surface area contributed by atoms with Crippen molar-refractivity contribution in [2.45, 2.75) is 45.4 Å². The Kier molecular flexibility index (Phi) is 6.12. The van der Waals surface area contributed by atoms with E-state index >= 15 is 0 Å². The molecule has 0 aliphatic heterocycles. The van der Waals surface area contributed by atoms with Crippen molar-refractivity contribution >= 4 is 0 Å². The predicted octanol–water partition coefficient (Wildman–Crippen LogP) is 5.62. The van der Waals surface area contributed by atoms with Crippen LogP contribution in [-0.4, -0.2) is 0 Å². The summed E-state index contributed by atoms with van der Waals surface area (Å²) in [6, 6.07) is 1.82. The molecule has 0 radical (unpaired) electrons. The third-order valence-corrected chi connectivity index (χ3v) is 4.24. The van der Waals surface area contributed by atoms with Gasteiger partial charge in [-0.2, -0.15) is 0 Å². The van der Waals surface area contributed by atoms with E-state index in [0.29, 0.717) is 5.92 Å². The molecule has 0 heterocycles. The van der Waals surface area contributed by atoms with Gasteiger partial charge in [-0.1, -0.05) is 37.7 Å². The van der Waals surface area contributed by atoms with Gasteiger partial charge in [0.1, 0.15) is 0 Å². The zero-order valence-electron chi connectivity index (χ0n) is 12.8. The molecule has 1 fully saturated rings. The van der Waals surface area contributed by atoms with Crippen LogP contribution in [0.4, 0.5) is 13.2 Å². The summed E-state index contributed by atoms with van der Waals surface area (Å²) in [5.41, 5.74) is 0.146. The summed E-state index contributed by atoms with van der Waals surface area (Å²) in [6.45, 7) is 2.22. The van der Waals surface area contributed by atoms with Gasteiger partial charge >= 0.3 is 0 Å². The van der Waals surface area contributed by atoms with Crippen LogP contribution in [0.1, 0.15) is 51.0 Å². The highest BCUT2D eigenvalue weighted by Crippen LogP contribution is 2.32. The van der Waals surface area contributed by atoms with E-state index in [2.05, 4.69) is 24.8 Å². The van der Waals surface area contributed by atoms with Crippen molar-refractivity contribution in [1.82, 2.24) is 0 Å². The first-order valence-corrected chi connectivity index (χ1v) is 7.93. The van der Waals surface area contributed by atoms with Crippen LogP contribution in [0, 0.1) is 41.1 Å². The van der Waals surface area contributed by atoms with Crippen LogP contribution in [0.25, 0.3) is 0 Å². The molecule has 118 valence electrons. The molecule has 1 aliphatic carbocycles. The lowest BCUT2D eigenvalue weighted by atomic mass is 9.80. The number of benzene rings is 1. The van der Waals surface area contributed by atoms with E-state index in [0.717, 1.165) is 18.1 Å². The molecule has 0 N–H and O–H groups in total. The van der Waals surface area contributed by atoms with E-state index in [1.165, 1.54) is 38.5 Å². The number of halogens is 3. The smallest absolute Gasteiger partial charge is 0.194 e. The molecule has 1 saturated carbocycles. The Balaban J connectivity index is 1.89. The second-order valence-electron chi connectivity index (χ2n) is 5.95. The van der Waals surface area contributed by atoms with E-state index in [1.807, 2.05) is 0 Å². The summed E-state index contributed by atoms with van der Waals surface area (Å²) in [4.78, 5) is 0. The Bertz CT molecular complexity index is 561. The Labute approximate surface area is 130 Å². The van der Waals surface area contributed by atoms with Crippen LogP contribution in [0.2, 0.25) is 0 Å². The summed E-state index contributed by atoms with van der Waals surface area (Å²) >= 11 is 0. The molecule has 0 unspecified atom stereocenters. The Morgan fingerprint density at radius 2 is 1.73 bits per heavy atom. The minimum absolute atomic E-state index is 0.146. The third-order valence-electron chi connectivity index (χ3n) is 4.24. The van der Waals surface area contributed by atoms with Gasteiger partial charge in [-0.25, -0.2) is 13.2 Å². The zero-order valence-corrected chi connectivity index (χ0v) is 12.8. The third kappa shape index (κ3) is 4.66. The number of rotatable bonds is 3. The van der Waals surface area contributed by atoms with Gasteiger partial charge in [-0.05, 0) is 55.7 Å². The lowest BCUT2D eigenvalue weighted by molar-refractivity contribution is 0.294. The Morgan fingerprint density at radius 3 is 2.32 bits per heavy atom. The Morgan fingerprint density at radius 1 is 1.09 bits per heavy atom. The molecule has 22 heavy (non-hydrogen) atoms. The summed E-state index contributed by atoms with van der Waals surface area (Å²) in [5, 5.41) is 0. The van der Waals surface area contributed by atoms with Gasteiger partial charge in [-0.3, -0.25) is 0 Å². The van der Waals surface area contributed by atoms with Gasteiger partial charge in [-0.15, -0.1) is 0 Å². The van der Waals surface area contributed by atoms with Crippen LogP contribution in [0.3, 0.4) is 0 Å². The monoisotopic (exact) mass is 306 g/mol. The lowest BCUT2D eigenvalue weighted by Gasteiger charge is -2.26. The second-order valence-corrected chi connectivity index (χ2v) is 5.95. The quantitative estimate of drug-likeness (QED) is 0.502. The van der Waals surface area contributed by atoms with E-state index in [4.69, 9.17) is 0 Å². The number of allylic oxidation sites excluding steroid dienone is 2. The fourth-order valence-electron chi connectivity index (χ4n) is 3.01. The van der Waals surface area contributed by atoms with Crippen LogP contribution < -0.4 is 0 Å². The first-order valence-electron chi connectivity index (χ1n) is 7.93. The van der Waals surface area contributed by atoms with Crippen LogP contribution in [-0.2, 0) is 0 Å². The molecule has 0 aromatic heterocycles. The standard InChI is InChI=1S/C19H21F3/c1-2-5-14-8-10-15(11-9-14)6-3-4-7-16-12-17(20)19(22)18(21)13-16/h3,6,12-15H,2,5,8-11H2,1H3/b6-3+. The number of hydrogen-bond acceptors (Lipinski definition) is 0. The van der Waals surface area contributed by atoms with Crippen molar-refractivity contribution in [2.24, 2.45) is 11.8 Å². The average molecular weight is 306 g/mol. The van der Waals surface area contributed by atoms with E-state index in [-0.39, 0.29) is 5.56 Å². The SMILES string of the molecule is CCCC1CCC(/C=C/C#Cc2cc(F)c(F)c(F)c2)CC1. The Hall–Kier alpha value is -1.69. The van der Waals surface area contributed by atoms with Crippen molar-refractivity contribution in [3.05, 3.63) is 47.3 Å². The van der Waals surface area contributed by atoms with E-state index in [1.54, 1.807) is 6.08 Å². The molecule has 1 aliphatic rings. The highest BCUT2D eigenvalue weighted by atomic mass is 19.2. The molecule has 2 rings (SSSR count). The largest absolute Gasteiger partial charge is 0.204 e. The molecule has 0 atom stereocenters. The van der Waals surface area contributed by atoms with Crippen molar-refractivity contribution in [2.75, 3.05) is 0 Å². The summed E-state index contributed by atoms with van der Waals surface area (Å²) in [6.07, 6.45) is 11.3. The molecule has 0 spiro atoms. The summed E-state index contributed by atoms with van der Waals surface area (Å²) in [7, 11) is 0. The predicted molar refractivity (Wildman–Crippen MR) is 82.7 cm³/mol. The van der Waals surface area contributed by atoms with Crippen molar-refractivity contribution in [1.29, 1.82) is 0 Å². The second kappa shape index (κ2) is 8.08. The molecule has 0 nitrogen and oxygen atoms in total. The number of hydrogen-bond donors (Lipinski definition) is 0. The molecule has 0 bridgehead atoms. The maximum atomic E-state index is 13.0. The van der Waals surface area contributed by atoms with E-state index < -0.39 is 17.5 Å². The molecule has 0 saturated heterocycles. The summed E-state index contributed by atoms with van der Waals surface area (Å²) < 4.78 is 38.9. The first-order chi connectivity index (χ1) is 10.6.